The Morgan fingerprint density at radius 1 is 1.24 bits per heavy atom. The highest BCUT2D eigenvalue weighted by atomic mass is 35.5. The van der Waals surface area contributed by atoms with Crippen LogP contribution in [-0.4, -0.2) is 21.2 Å². The molecule has 21 heavy (non-hydrogen) atoms. The lowest BCUT2D eigenvalue weighted by molar-refractivity contribution is 0.747. The SMILES string of the molecule is Cc1ccc(Cl)cc1Nc1nncc(NC2CCCC2)n1. The van der Waals surface area contributed by atoms with Gasteiger partial charge in [-0.3, -0.25) is 0 Å². The summed E-state index contributed by atoms with van der Waals surface area (Å²) in [6.07, 6.45) is 6.61. The molecule has 0 saturated heterocycles. The second-order valence-electron chi connectivity index (χ2n) is 5.38. The number of benzene rings is 1. The van der Waals surface area contributed by atoms with Crippen molar-refractivity contribution in [3.63, 3.8) is 0 Å². The van der Waals surface area contributed by atoms with Gasteiger partial charge in [-0.1, -0.05) is 30.5 Å². The van der Waals surface area contributed by atoms with E-state index in [2.05, 4.69) is 25.8 Å². The lowest BCUT2D eigenvalue weighted by atomic mass is 10.2. The van der Waals surface area contributed by atoms with E-state index in [1.54, 1.807) is 6.20 Å². The van der Waals surface area contributed by atoms with Crippen molar-refractivity contribution in [3.8, 4) is 0 Å². The van der Waals surface area contributed by atoms with Crippen LogP contribution in [0.15, 0.2) is 24.4 Å². The maximum atomic E-state index is 6.02. The second kappa shape index (κ2) is 6.26. The highest BCUT2D eigenvalue weighted by molar-refractivity contribution is 6.30. The van der Waals surface area contributed by atoms with Crippen LogP contribution in [0.3, 0.4) is 0 Å². The van der Waals surface area contributed by atoms with Crippen LogP contribution in [0.1, 0.15) is 31.2 Å². The van der Waals surface area contributed by atoms with Gasteiger partial charge in [-0.05, 0) is 37.5 Å². The van der Waals surface area contributed by atoms with Crippen LogP contribution in [0.5, 0.6) is 0 Å². The number of nitrogens with one attached hydrogen (secondary N) is 2. The standard InChI is InChI=1S/C15H18ClN5/c1-10-6-7-11(16)8-13(10)19-15-20-14(9-17-21-15)18-12-4-2-3-5-12/h6-9,12H,2-5H2,1H3,(H2,18,19,20,21). The number of hydrogen-bond acceptors (Lipinski definition) is 5. The number of hydrogen-bond donors (Lipinski definition) is 2. The van der Waals surface area contributed by atoms with E-state index in [1.807, 2.05) is 25.1 Å². The summed E-state index contributed by atoms with van der Waals surface area (Å²) in [6, 6.07) is 6.18. The van der Waals surface area contributed by atoms with Gasteiger partial charge in [0.05, 0.1) is 6.20 Å². The fourth-order valence-corrected chi connectivity index (χ4v) is 2.73. The summed E-state index contributed by atoms with van der Waals surface area (Å²) in [5.41, 5.74) is 1.97. The fraction of sp³-hybridized carbons (Fsp3) is 0.400. The van der Waals surface area contributed by atoms with Gasteiger partial charge in [0, 0.05) is 16.8 Å². The molecule has 2 aromatic rings. The first-order valence-corrected chi connectivity index (χ1v) is 7.58. The lowest BCUT2D eigenvalue weighted by Gasteiger charge is -2.13. The van der Waals surface area contributed by atoms with Crippen LogP contribution < -0.4 is 10.6 Å². The predicted octanol–water partition coefficient (Wildman–Crippen LogP) is 3.93. The minimum Gasteiger partial charge on any atom is -0.366 e. The molecule has 0 amide bonds. The van der Waals surface area contributed by atoms with E-state index in [0.29, 0.717) is 17.0 Å². The maximum absolute atomic E-state index is 6.02. The average Bonchev–Trinajstić information content (AvgIpc) is 2.96. The van der Waals surface area contributed by atoms with Crippen molar-refractivity contribution in [2.45, 2.75) is 38.6 Å². The highest BCUT2D eigenvalue weighted by Crippen LogP contribution is 2.24. The summed E-state index contributed by atoms with van der Waals surface area (Å²) in [4.78, 5) is 4.46. The molecule has 0 aliphatic heterocycles. The first-order valence-electron chi connectivity index (χ1n) is 7.20. The molecule has 1 aromatic carbocycles. The molecule has 0 spiro atoms. The largest absolute Gasteiger partial charge is 0.366 e. The number of halogens is 1. The molecule has 5 nitrogen and oxygen atoms in total. The van der Waals surface area contributed by atoms with Crippen LogP contribution in [0.25, 0.3) is 0 Å². The molecular formula is C15H18ClN5. The van der Waals surface area contributed by atoms with Crippen LogP contribution in [-0.2, 0) is 0 Å². The Morgan fingerprint density at radius 3 is 2.86 bits per heavy atom. The summed E-state index contributed by atoms with van der Waals surface area (Å²) in [5.74, 6) is 1.24. The number of rotatable bonds is 4. The van der Waals surface area contributed by atoms with E-state index < -0.39 is 0 Å². The smallest absolute Gasteiger partial charge is 0.249 e. The first kappa shape index (κ1) is 14.1. The Kier molecular flexibility index (Phi) is 4.20. The molecule has 1 aliphatic rings. The van der Waals surface area contributed by atoms with Crippen molar-refractivity contribution in [1.29, 1.82) is 0 Å². The van der Waals surface area contributed by atoms with Crippen molar-refractivity contribution in [2.75, 3.05) is 10.6 Å². The Hall–Kier alpha value is -1.88. The number of aromatic nitrogens is 3. The molecule has 3 rings (SSSR count). The Morgan fingerprint density at radius 2 is 2.05 bits per heavy atom. The molecule has 0 radical (unpaired) electrons. The summed E-state index contributed by atoms with van der Waals surface area (Å²) in [7, 11) is 0. The van der Waals surface area contributed by atoms with Gasteiger partial charge < -0.3 is 10.6 Å². The van der Waals surface area contributed by atoms with Crippen molar-refractivity contribution < 1.29 is 0 Å². The second-order valence-corrected chi connectivity index (χ2v) is 5.81. The zero-order chi connectivity index (χ0) is 14.7. The molecule has 0 unspecified atom stereocenters. The summed E-state index contributed by atoms with van der Waals surface area (Å²) >= 11 is 6.02. The van der Waals surface area contributed by atoms with E-state index in [0.717, 1.165) is 17.1 Å². The van der Waals surface area contributed by atoms with E-state index in [4.69, 9.17) is 11.6 Å². The lowest BCUT2D eigenvalue weighted by Crippen LogP contribution is -2.16. The zero-order valence-corrected chi connectivity index (χ0v) is 12.7. The van der Waals surface area contributed by atoms with Crippen LogP contribution in [0, 0.1) is 6.92 Å². The molecule has 110 valence electrons. The average molecular weight is 304 g/mol. The summed E-state index contributed by atoms with van der Waals surface area (Å²) < 4.78 is 0. The monoisotopic (exact) mass is 303 g/mol. The minimum atomic E-state index is 0.475. The number of nitrogens with zero attached hydrogens (tertiary/aromatic N) is 3. The molecule has 6 heteroatoms. The van der Waals surface area contributed by atoms with Gasteiger partial charge in [0.25, 0.3) is 0 Å². The van der Waals surface area contributed by atoms with Crippen LogP contribution in [0.4, 0.5) is 17.5 Å². The quantitative estimate of drug-likeness (QED) is 0.896. The summed E-state index contributed by atoms with van der Waals surface area (Å²) in [6.45, 7) is 2.01. The third-order valence-electron chi connectivity index (χ3n) is 3.71. The number of anilines is 3. The van der Waals surface area contributed by atoms with Gasteiger partial charge in [0.2, 0.25) is 5.95 Å². The Bertz CT molecular complexity index is 625. The van der Waals surface area contributed by atoms with Crippen molar-refractivity contribution in [2.24, 2.45) is 0 Å². The van der Waals surface area contributed by atoms with E-state index in [-0.39, 0.29) is 0 Å². The van der Waals surface area contributed by atoms with E-state index in [9.17, 15) is 0 Å². The van der Waals surface area contributed by atoms with Gasteiger partial charge in [0.1, 0.15) is 0 Å². The highest BCUT2D eigenvalue weighted by Gasteiger charge is 2.15. The topological polar surface area (TPSA) is 62.7 Å². The van der Waals surface area contributed by atoms with Crippen LogP contribution >= 0.6 is 11.6 Å². The Balaban J connectivity index is 1.74. The van der Waals surface area contributed by atoms with Gasteiger partial charge >= 0.3 is 0 Å². The molecule has 1 heterocycles. The van der Waals surface area contributed by atoms with Gasteiger partial charge in [-0.25, -0.2) is 0 Å². The molecule has 0 atom stereocenters. The molecule has 2 N–H and O–H groups in total. The van der Waals surface area contributed by atoms with Crippen molar-refractivity contribution in [1.82, 2.24) is 15.2 Å². The summed E-state index contributed by atoms with van der Waals surface area (Å²) in [5, 5.41) is 15.3. The zero-order valence-electron chi connectivity index (χ0n) is 11.9. The van der Waals surface area contributed by atoms with Crippen molar-refractivity contribution >= 4 is 29.1 Å². The molecular weight excluding hydrogens is 286 g/mol. The molecule has 1 aromatic heterocycles. The number of aryl methyl sites for hydroxylation is 1. The molecule has 0 bridgehead atoms. The van der Waals surface area contributed by atoms with Crippen molar-refractivity contribution in [3.05, 3.63) is 35.0 Å². The van der Waals surface area contributed by atoms with Gasteiger partial charge in [-0.15, -0.1) is 5.10 Å². The Labute approximate surface area is 129 Å². The normalized spacial score (nSPS) is 15.1. The van der Waals surface area contributed by atoms with Gasteiger partial charge in [0.15, 0.2) is 5.82 Å². The fourth-order valence-electron chi connectivity index (χ4n) is 2.55. The van der Waals surface area contributed by atoms with Gasteiger partial charge in [-0.2, -0.15) is 10.1 Å². The molecule has 1 fully saturated rings. The van der Waals surface area contributed by atoms with E-state index in [1.165, 1.54) is 25.7 Å². The third-order valence-corrected chi connectivity index (χ3v) is 3.95. The van der Waals surface area contributed by atoms with Crippen LogP contribution in [0.2, 0.25) is 5.02 Å². The first-order chi connectivity index (χ1) is 10.2. The minimum absolute atomic E-state index is 0.475. The predicted molar refractivity (Wildman–Crippen MR) is 85.2 cm³/mol. The maximum Gasteiger partial charge on any atom is 0.249 e. The third kappa shape index (κ3) is 3.61. The molecule has 1 aliphatic carbocycles. The van der Waals surface area contributed by atoms with E-state index >= 15 is 0 Å². The molecule has 1 saturated carbocycles.